The van der Waals surface area contributed by atoms with Crippen LogP contribution in [0.1, 0.15) is 6.92 Å². The van der Waals surface area contributed by atoms with Crippen molar-refractivity contribution in [2.45, 2.75) is 12.2 Å². The molecule has 0 spiro atoms. The van der Waals surface area contributed by atoms with Gasteiger partial charge in [0.2, 0.25) is 0 Å². The van der Waals surface area contributed by atoms with E-state index in [0.29, 0.717) is 5.25 Å². The monoisotopic (exact) mass is 187 g/mol. The molecule has 0 fully saturated rings. The average molecular weight is 187 g/mol. The molecular formula is C8H17N3S. The van der Waals surface area contributed by atoms with Gasteiger partial charge in [-0.3, -0.25) is 4.99 Å². The highest BCUT2D eigenvalue weighted by molar-refractivity contribution is 8.14. The maximum absolute atomic E-state index is 4.36. The van der Waals surface area contributed by atoms with Crippen LogP contribution in [0.5, 0.6) is 0 Å². The minimum atomic E-state index is 0.659. The summed E-state index contributed by atoms with van der Waals surface area (Å²) in [6.07, 6.45) is 0. The van der Waals surface area contributed by atoms with Gasteiger partial charge < -0.3 is 10.2 Å². The summed E-state index contributed by atoms with van der Waals surface area (Å²) in [5, 5.41) is 5.09. The summed E-state index contributed by atoms with van der Waals surface area (Å²) in [7, 11) is 4.15. The van der Waals surface area contributed by atoms with Crippen LogP contribution < -0.4 is 5.32 Å². The topological polar surface area (TPSA) is 27.6 Å². The number of likely N-dealkylation sites (N-methyl/N-ethyl adjacent to an activating group) is 1. The third-order valence-electron chi connectivity index (χ3n) is 1.64. The van der Waals surface area contributed by atoms with Crippen molar-refractivity contribution in [1.29, 1.82) is 0 Å². The molecule has 1 unspecified atom stereocenters. The van der Waals surface area contributed by atoms with Crippen molar-refractivity contribution in [2.24, 2.45) is 4.99 Å². The lowest BCUT2D eigenvalue weighted by atomic mass is 10.5. The Bertz CT molecular complexity index is 168. The Labute approximate surface area is 78.6 Å². The van der Waals surface area contributed by atoms with Gasteiger partial charge in [0.1, 0.15) is 0 Å². The molecule has 1 atom stereocenters. The molecule has 0 saturated carbocycles. The van der Waals surface area contributed by atoms with Crippen molar-refractivity contribution >= 4 is 16.9 Å². The normalized spacial score (nSPS) is 23.0. The largest absolute Gasteiger partial charge is 0.364 e. The molecule has 12 heavy (non-hydrogen) atoms. The Morgan fingerprint density at radius 3 is 2.92 bits per heavy atom. The zero-order valence-electron chi connectivity index (χ0n) is 8.00. The summed E-state index contributed by atoms with van der Waals surface area (Å²) in [6.45, 7) is 5.23. The minimum absolute atomic E-state index is 0.659. The first-order valence-electron chi connectivity index (χ1n) is 4.28. The Morgan fingerprint density at radius 1 is 1.67 bits per heavy atom. The molecule has 1 rings (SSSR count). The van der Waals surface area contributed by atoms with E-state index in [4.69, 9.17) is 0 Å². The fraction of sp³-hybridized carbons (Fsp3) is 0.875. The van der Waals surface area contributed by atoms with Gasteiger partial charge in [-0.1, -0.05) is 18.7 Å². The van der Waals surface area contributed by atoms with Gasteiger partial charge in [-0.15, -0.1) is 0 Å². The van der Waals surface area contributed by atoms with E-state index >= 15 is 0 Å². The Kier molecular flexibility index (Phi) is 3.88. The van der Waals surface area contributed by atoms with Crippen molar-refractivity contribution in [3.05, 3.63) is 0 Å². The molecule has 0 aromatic carbocycles. The number of nitrogens with zero attached hydrogens (tertiary/aromatic N) is 2. The third kappa shape index (κ3) is 3.45. The van der Waals surface area contributed by atoms with Crippen molar-refractivity contribution in [2.75, 3.05) is 33.7 Å². The van der Waals surface area contributed by atoms with E-state index in [1.165, 1.54) is 0 Å². The van der Waals surface area contributed by atoms with Gasteiger partial charge in [0.25, 0.3) is 0 Å². The van der Waals surface area contributed by atoms with Gasteiger partial charge in [-0.25, -0.2) is 0 Å². The number of aliphatic imine (C=N–C) groups is 1. The van der Waals surface area contributed by atoms with Crippen molar-refractivity contribution in [3.63, 3.8) is 0 Å². The quantitative estimate of drug-likeness (QED) is 0.702. The molecule has 0 aromatic heterocycles. The molecule has 0 bridgehead atoms. The first-order valence-corrected chi connectivity index (χ1v) is 5.16. The van der Waals surface area contributed by atoms with Gasteiger partial charge in [-0.05, 0) is 14.1 Å². The van der Waals surface area contributed by atoms with Crippen LogP contribution in [-0.2, 0) is 0 Å². The summed E-state index contributed by atoms with van der Waals surface area (Å²) in [5.41, 5.74) is 0. The van der Waals surface area contributed by atoms with E-state index in [1.807, 2.05) is 11.8 Å². The molecule has 70 valence electrons. The number of hydrogen-bond donors (Lipinski definition) is 1. The van der Waals surface area contributed by atoms with E-state index in [1.54, 1.807) is 0 Å². The van der Waals surface area contributed by atoms with Crippen LogP contribution in [0.3, 0.4) is 0 Å². The van der Waals surface area contributed by atoms with Gasteiger partial charge >= 0.3 is 0 Å². The van der Waals surface area contributed by atoms with Crippen molar-refractivity contribution < 1.29 is 0 Å². The highest BCUT2D eigenvalue weighted by Crippen LogP contribution is 2.17. The van der Waals surface area contributed by atoms with E-state index in [2.05, 4.69) is 36.2 Å². The maximum Gasteiger partial charge on any atom is 0.156 e. The Balaban J connectivity index is 2.08. The summed E-state index contributed by atoms with van der Waals surface area (Å²) in [5.74, 6) is 0. The molecule has 1 N–H and O–H groups in total. The second-order valence-electron chi connectivity index (χ2n) is 3.30. The fourth-order valence-corrected chi connectivity index (χ4v) is 1.83. The van der Waals surface area contributed by atoms with Crippen LogP contribution in [0.2, 0.25) is 0 Å². The summed E-state index contributed by atoms with van der Waals surface area (Å²) < 4.78 is 0. The van der Waals surface area contributed by atoms with Crippen LogP contribution >= 0.6 is 11.8 Å². The highest BCUT2D eigenvalue weighted by atomic mass is 32.2. The molecule has 1 aliphatic rings. The minimum Gasteiger partial charge on any atom is -0.364 e. The lowest BCUT2D eigenvalue weighted by molar-refractivity contribution is 0.413. The summed E-state index contributed by atoms with van der Waals surface area (Å²) >= 11 is 1.84. The van der Waals surface area contributed by atoms with Crippen LogP contribution in [0.25, 0.3) is 0 Å². The number of rotatable bonds is 3. The zero-order valence-corrected chi connectivity index (χ0v) is 8.82. The number of hydrogen-bond acceptors (Lipinski definition) is 4. The lowest BCUT2D eigenvalue weighted by Crippen LogP contribution is -2.29. The third-order valence-corrected chi connectivity index (χ3v) is 2.69. The van der Waals surface area contributed by atoms with Crippen LogP contribution in [-0.4, -0.2) is 49.0 Å². The SMILES string of the molecule is CC1CN=C(NCCN(C)C)S1. The Morgan fingerprint density at radius 2 is 2.42 bits per heavy atom. The molecule has 3 nitrogen and oxygen atoms in total. The van der Waals surface area contributed by atoms with Crippen molar-refractivity contribution in [1.82, 2.24) is 10.2 Å². The molecule has 1 aliphatic heterocycles. The number of nitrogens with one attached hydrogen (secondary N) is 1. The molecule has 1 heterocycles. The van der Waals surface area contributed by atoms with Gasteiger partial charge in [0.05, 0.1) is 6.54 Å². The van der Waals surface area contributed by atoms with Gasteiger partial charge in [0.15, 0.2) is 5.17 Å². The van der Waals surface area contributed by atoms with Gasteiger partial charge in [-0.2, -0.15) is 0 Å². The van der Waals surface area contributed by atoms with E-state index in [9.17, 15) is 0 Å². The van der Waals surface area contributed by atoms with E-state index in [0.717, 1.165) is 24.8 Å². The Hall–Kier alpha value is -0.220. The fourth-order valence-electron chi connectivity index (χ4n) is 0.961. The van der Waals surface area contributed by atoms with E-state index < -0.39 is 0 Å². The molecule has 0 amide bonds. The smallest absolute Gasteiger partial charge is 0.156 e. The molecule has 0 radical (unpaired) electrons. The second kappa shape index (κ2) is 4.72. The predicted octanol–water partition coefficient (Wildman–Crippen LogP) is 0.629. The van der Waals surface area contributed by atoms with Crippen LogP contribution in [0, 0.1) is 0 Å². The second-order valence-corrected chi connectivity index (χ2v) is 4.73. The van der Waals surface area contributed by atoms with E-state index in [-0.39, 0.29) is 0 Å². The summed E-state index contributed by atoms with van der Waals surface area (Å²) in [6, 6.07) is 0. The molecule has 4 heteroatoms. The molecule has 0 saturated heterocycles. The standard InChI is InChI=1S/C8H17N3S/c1-7-6-10-8(12-7)9-4-5-11(2)3/h7H,4-6H2,1-3H3,(H,9,10). The highest BCUT2D eigenvalue weighted by Gasteiger charge is 2.13. The molecule has 0 aromatic rings. The first kappa shape index (κ1) is 9.86. The predicted molar refractivity (Wildman–Crippen MR) is 55.9 cm³/mol. The van der Waals surface area contributed by atoms with Crippen molar-refractivity contribution in [3.8, 4) is 0 Å². The zero-order chi connectivity index (χ0) is 8.97. The summed E-state index contributed by atoms with van der Waals surface area (Å²) in [4.78, 5) is 6.53. The number of amidine groups is 1. The van der Waals surface area contributed by atoms with Crippen LogP contribution in [0.15, 0.2) is 4.99 Å². The van der Waals surface area contributed by atoms with Crippen LogP contribution in [0.4, 0.5) is 0 Å². The number of thioether (sulfide) groups is 1. The molecular weight excluding hydrogens is 170 g/mol. The maximum atomic E-state index is 4.36. The van der Waals surface area contributed by atoms with Gasteiger partial charge in [0, 0.05) is 18.3 Å². The lowest BCUT2D eigenvalue weighted by Gasteiger charge is -2.10. The average Bonchev–Trinajstić information content (AvgIpc) is 2.35. The first-order chi connectivity index (χ1) is 5.68. The molecule has 0 aliphatic carbocycles.